The van der Waals surface area contributed by atoms with Crippen molar-refractivity contribution in [2.45, 2.75) is 31.1 Å². The molecule has 1 nitrogen and oxygen atoms in total. The third kappa shape index (κ3) is 1.63. The number of rotatable bonds is 0. The SMILES string of the molecule is CC(C)(C)c1ccc2c(c1)[SH]=CN2. The maximum absolute atomic E-state index is 3.24. The van der Waals surface area contributed by atoms with Crippen LogP contribution in [0.3, 0.4) is 0 Å². The molecule has 1 heterocycles. The topological polar surface area (TPSA) is 12.0 Å². The molecular formula is C11H15NS. The lowest BCUT2D eigenvalue weighted by molar-refractivity contribution is 0.589. The fourth-order valence-electron chi connectivity index (χ4n) is 1.40. The molecule has 0 aromatic heterocycles. The number of fused-ring (bicyclic) bond motifs is 1. The van der Waals surface area contributed by atoms with Crippen molar-refractivity contribution in [1.29, 1.82) is 0 Å². The second kappa shape index (κ2) is 2.88. The van der Waals surface area contributed by atoms with E-state index in [-0.39, 0.29) is 5.41 Å². The zero-order valence-corrected chi connectivity index (χ0v) is 9.15. The van der Waals surface area contributed by atoms with Crippen LogP contribution in [0.1, 0.15) is 26.3 Å². The van der Waals surface area contributed by atoms with Gasteiger partial charge in [-0.1, -0.05) is 26.8 Å². The van der Waals surface area contributed by atoms with Gasteiger partial charge in [0.15, 0.2) is 0 Å². The van der Waals surface area contributed by atoms with Crippen molar-refractivity contribution in [3.05, 3.63) is 23.8 Å². The molecule has 0 bridgehead atoms. The minimum Gasteiger partial charge on any atom is -0.356 e. The number of hydrogen-bond acceptors (Lipinski definition) is 1. The summed E-state index contributed by atoms with van der Waals surface area (Å²) in [5.41, 5.74) is 5.01. The van der Waals surface area contributed by atoms with Crippen molar-refractivity contribution in [1.82, 2.24) is 0 Å². The molecule has 2 rings (SSSR count). The standard InChI is InChI=1S/C11H15NS/c1-11(2,3)8-4-5-9-10(6-8)13-7-12-9/h4-7,12-13H,1-3H3. The van der Waals surface area contributed by atoms with Gasteiger partial charge in [-0.25, -0.2) is 0 Å². The number of hydrogen-bond donors (Lipinski definition) is 2. The summed E-state index contributed by atoms with van der Waals surface area (Å²) in [5.74, 6) is 0. The fourth-order valence-corrected chi connectivity index (χ4v) is 2.23. The smallest absolute Gasteiger partial charge is 0.0515 e. The van der Waals surface area contributed by atoms with E-state index in [1.54, 1.807) is 0 Å². The summed E-state index contributed by atoms with van der Waals surface area (Å²) >= 11 is 1.29. The van der Waals surface area contributed by atoms with E-state index in [4.69, 9.17) is 0 Å². The highest BCUT2D eigenvalue weighted by atomic mass is 32.1. The fraction of sp³-hybridized carbons (Fsp3) is 0.364. The Morgan fingerprint density at radius 2 is 2.00 bits per heavy atom. The lowest BCUT2D eigenvalue weighted by atomic mass is 9.87. The second-order valence-corrected chi connectivity index (χ2v) is 5.38. The molecule has 0 amide bonds. The first-order valence-electron chi connectivity index (χ1n) is 4.51. The molecule has 0 aliphatic carbocycles. The zero-order valence-electron chi connectivity index (χ0n) is 8.26. The highest BCUT2D eigenvalue weighted by molar-refractivity contribution is 7.98. The van der Waals surface area contributed by atoms with Gasteiger partial charge in [-0.05, 0) is 23.1 Å². The van der Waals surface area contributed by atoms with Gasteiger partial charge in [0, 0.05) is 10.4 Å². The van der Waals surface area contributed by atoms with E-state index in [0.717, 1.165) is 0 Å². The van der Waals surface area contributed by atoms with Gasteiger partial charge in [-0.15, -0.1) is 0 Å². The summed E-state index contributed by atoms with van der Waals surface area (Å²) in [6.45, 7) is 6.74. The molecule has 0 fully saturated rings. The first kappa shape index (κ1) is 8.82. The van der Waals surface area contributed by atoms with Gasteiger partial charge in [0.25, 0.3) is 0 Å². The van der Waals surface area contributed by atoms with Crippen LogP contribution in [0.15, 0.2) is 23.1 Å². The van der Waals surface area contributed by atoms with Crippen molar-refractivity contribution >= 4 is 22.5 Å². The molecule has 70 valence electrons. The monoisotopic (exact) mass is 193 g/mol. The average Bonchev–Trinajstić information content (AvgIpc) is 2.47. The van der Waals surface area contributed by atoms with E-state index in [1.165, 1.54) is 27.5 Å². The van der Waals surface area contributed by atoms with Gasteiger partial charge in [0.1, 0.15) is 0 Å². The molecule has 13 heavy (non-hydrogen) atoms. The first-order valence-corrected chi connectivity index (χ1v) is 5.47. The Bertz CT molecular complexity index is 361. The first-order chi connectivity index (χ1) is 6.07. The van der Waals surface area contributed by atoms with Crippen LogP contribution in [0.25, 0.3) is 0 Å². The molecule has 1 aromatic rings. The Kier molecular flexibility index (Phi) is 1.95. The predicted molar refractivity (Wildman–Crippen MR) is 62.1 cm³/mol. The normalized spacial score (nSPS) is 14.7. The Balaban J connectivity index is 2.47. The van der Waals surface area contributed by atoms with Crippen LogP contribution in [0.4, 0.5) is 5.69 Å². The van der Waals surface area contributed by atoms with Crippen LogP contribution >= 0.6 is 11.4 Å². The minimum absolute atomic E-state index is 0.257. The van der Waals surface area contributed by atoms with Gasteiger partial charge < -0.3 is 5.32 Å². The van der Waals surface area contributed by atoms with E-state index in [9.17, 15) is 0 Å². The largest absolute Gasteiger partial charge is 0.356 e. The highest BCUT2D eigenvalue weighted by Crippen LogP contribution is 2.32. The van der Waals surface area contributed by atoms with Crippen LogP contribution in [0.2, 0.25) is 0 Å². The molecule has 0 spiro atoms. The molecule has 2 heteroatoms. The summed E-state index contributed by atoms with van der Waals surface area (Å²) in [7, 11) is 0. The number of benzene rings is 1. The van der Waals surface area contributed by atoms with Crippen LogP contribution in [0, 0.1) is 0 Å². The van der Waals surface area contributed by atoms with Gasteiger partial charge in [0.2, 0.25) is 0 Å². The molecule has 0 radical (unpaired) electrons. The Morgan fingerprint density at radius 3 is 2.69 bits per heavy atom. The van der Waals surface area contributed by atoms with Crippen LogP contribution in [0.5, 0.6) is 0 Å². The van der Waals surface area contributed by atoms with Gasteiger partial charge >= 0.3 is 0 Å². The maximum Gasteiger partial charge on any atom is 0.0515 e. The molecule has 0 unspecified atom stereocenters. The van der Waals surface area contributed by atoms with Crippen molar-refractivity contribution in [3.8, 4) is 0 Å². The highest BCUT2D eigenvalue weighted by Gasteiger charge is 2.15. The molecule has 1 aromatic carbocycles. The molecule has 1 aliphatic rings. The van der Waals surface area contributed by atoms with E-state index < -0.39 is 0 Å². The summed E-state index contributed by atoms with van der Waals surface area (Å²) in [5, 5.41) is 3.24. The maximum atomic E-state index is 3.24. The van der Waals surface area contributed by atoms with Crippen molar-refractivity contribution in [2.75, 3.05) is 5.32 Å². The molecule has 0 saturated heterocycles. The third-order valence-electron chi connectivity index (χ3n) is 2.29. The minimum atomic E-state index is 0.257. The third-order valence-corrected chi connectivity index (χ3v) is 3.19. The van der Waals surface area contributed by atoms with Gasteiger partial charge in [0.05, 0.1) is 5.69 Å². The Hall–Kier alpha value is -0.760. The summed E-state index contributed by atoms with van der Waals surface area (Å²) < 4.78 is 0. The Labute approximate surface area is 83.1 Å². The molecule has 0 saturated carbocycles. The summed E-state index contributed by atoms with van der Waals surface area (Å²) in [6.07, 6.45) is 0. The predicted octanol–water partition coefficient (Wildman–Crippen LogP) is 2.99. The average molecular weight is 193 g/mol. The molecule has 1 aliphatic heterocycles. The lowest BCUT2D eigenvalue weighted by Crippen LogP contribution is -2.10. The molecular weight excluding hydrogens is 178 g/mol. The summed E-state index contributed by atoms with van der Waals surface area (Å²) in [4.78, 5) is 1.40. The van der Waals surface area contributed by atoms with Crippen LogP contribution in [-0.2, 0) is 5.41 Å². The molecule has 1 N–H and O–H groups in total. The van der Waals surface area contributed by atoms with E-state index in [1.807, 2.05) is 0 Å². The van der Waals surface area contributed by atoms with Gasteiger partial charge in [-0.2, -0.15) is 11.4 Å². The van der Waals surface area contributed by atoms with E-state index in [2.05, 4.69) is 49.8 Å². The Morgan fingerprint density at radius 1 is 1.23 bits per heavy atom. The molecule has 0 atom stereocenters. The van der Waals surface area contributed by atoms with Gasteiger partial charge in [-0.3, -0.25) is 0 Å². The number of thiol groups is 1. The van der Waals surface area contributed by atoms with Crippen molar-refractivity contribution in [3.63, 3.8) is 0 Å². The van der Waals surface area contributed by atoms with E-state index >= 15 is 0 Å². The summed E-state index contributed by atoms with van der Waals surface area (Å²) in [6, 6.07) is 6.68. The van der Waals surface area contributed by atoms with Crippen molar-refractivity contribution < 1.29 is 0 Å². The number of nitrogens with one attached hydrogen (secondary N) is 1. The second-order valence-electron chi connectivity index (χ2n) is 4.38. The number of anilines is 1. The van der Waals surface area contributed by atoms with Crippen molar-refractivity contribution in [2.24, 2.45) is 0 Å². The quantitative estimate of drug-likeness (QED) is 0.477. The zero-order chi connectivity index (χ0) is 9.47. The van der Waals surface area contributed by atoms with E-state index in [0.29, 0.717) is 0 Å². The van der Waals surface area contributed by atoms with Crippen LogP contribution in [-0.4, -0.2) is 5.49 Å². The lowest BCUT2D eigenvalue weighted by Gasteiger charge is -2.19. The van der Waals surface area contributed by atoms with Crippen LogP contribution < -0.4 is 5.32 Å².